The summed E-state index contributed by atoms with van der Waals surface area (Å²) in [4.78, 5) is 36.2. The van der Waals surface area contributed by atoms with Crippen LogP contribution in [0, 0.1) is 13.9 Å². The highest BCUT2D eigenvalue weighted by Crippen LogP contribution is 2.34. The van der Waals surface area contributed by atoms with Crippen molar-refractivity contribution in [2.24, 2.45) is 0 Å². The Morgan fingerprint density at radius 3 is 2.76 bits per heavy atom. The quantitative estimate of drug-likeness (QED) is 0.242. The van der Waals surface area contributed by atoms with Crippen molar-refractivity contribution in [1.82, 2.24) is 4.90 Å². The number of halogens is 2. The van der Waals surface area contributed by atoms with E-state index >= 15 is 0 Å². The molecule has 1 fully saturated rings. The highest BCUT2D eigenvalue weighted by atomic mass is 127. The van der Waals surface area contributed by atoms with Gasteiger partial charge < -0.3 is 4.42 Å². The minimum atomic E-state index is -0.520. The van der Waals surface area contributed by atoms with E-state index in [0.29, 0.717) is 15.1 Å². The Labute approximate surface area is 167 Å². The number of nitro benzene ring substituents is 1. The van der Waals surface area contributed by atoms with Gasteiger partial charge in [-0.15, -0.1) is 0 Å². The summed E-state index contributed by atoms with van der Waals surface area (Å²) in [6.07, 6.45) is 1.51. The Bertz CT molecular complexity index is 907. The van der Waals surface area contributed by atoms with Gasteiger partial charge in [-0.3, -0.25) is 24.6 Å². The molecular weight excluding hydrogens is 527 g/mol. The van der Waals surface area contributed by atoms with Gasteiger partial charge in [0.15, 0.2) is 3.77 Å². The number of hydrogen-bond donors (Lipinski definition) is 0. The lowest BCUT2D eigenvalue weighted by molar-refractivity contribution is -0.384. The highest BCUT2D eigenvalue weighted by Gasteiger charge is 2.35. The number of carbonyl (C=O) groups excluding carboxylic acids is 2. The molecule has 1 aromatic heterocycles. The highest BCUT2D eigenvalue weighted by molar-refractivity contribution is 14.1. The summed E-state index contributed by atoms with van der Waals surface area (Å²) in [6, 6.07) is 7.56. The van der Waals surface area contributed by atoms with E-state index in [1.54, 1.807) is 12.1 Å². The van der Waals surface area contributed by atoms with Crippen LogP contribution < -0.4 is 0 Å². The van der Waals surface area contributed by atoms with Crippen LogP contribution in [0.15, 0.2) is 44.1 Å². The van der Waals surface area contributed by atoms with Crippen LogP contribution in [-0.2, 0) is 11.3 Å². The first-order chi connectivity index (χ1) is 11.8. The molecular formula is C15H8BrIN2O5S. The second kappa shape index (κ2) is 7.30. The zero-order valence-electron chi connectivity index (χ0n) is 12.3. The number of nitro groups is 1. The van der Waals surface area contributed by atoms with E-state index in [0.717, 1.165) is 21.1 Å². The molecule has 2 amide bonds. The molecule has 3 rings (SSSR count). The van der Waals surface area contributed by atoms with E-state index in [1.165, 1.54) is 24.3 Å². The molecule has 1 aliphatic rings. The van der Waals surface area contributed by atoms with Crippen LogP contribution in [0.5, 0.6) is 0 Å². The predicted molar refractivity (Wildman–Crippen MR) is 104 cm³/mol. The molecule has 0 atom stereocenters. The third-order valence-electron chi connectivity index (χ3n) is 3.27. The van der Waals surface area contributed by atoms with E-state index in [4.69, 9.17) is 4.42 Å². The van der Waals surface area contributed by atoms with Crippen LogP contribution in [0.2, 0.25) is 0 Å². The van der Waals surface area contributed by atoms with Crippen LogP contribution in [0.25, 0.3) is 6.08 Å². The molecule has 1 aromatic carbocycles. The number of imide groups is 1. The third kappa shape index (κ3) is 3.96. The molecule has 7 nitrogen and oxygen atoms in total. The average molecular weight is 535 g/mol. The normalized spacial score (nSPS) is 16.1. The van der Waals surface area contributed by atoms with Gasteiger partial charge in [0.05, 0.1) is 20.8 Å². The van der Waals surface area contributed by atoms with E-state index in [-0.39, 0.29) is 17.1 Å². The van der Waals surface area contributed by atoms with Crippen molar-refractivity contribution in [3.8, 4) is 0 Å². The largest absolute Gasteiger partial charge is 0.450 e. The number of benzene rings is 1. The Morgan fingerprint density at radius 1 is 1.36 bits per heavy atom. The Hall–Kier alpha value is -1.66. The predicted octanol–water partition coefficient (Wildman–Crippen LogP) is 4.79. The summed E-state index contributed by atoms with van der Waals surface area (Å²) in [5.41, 5.74) is 0.420. The van der Waals surface area contributed by atoms with Crippen LogP contribution in [-0.4, -0.2) is 21.0 Å². The van der Waals surface area contributed by atoms with Gasteiger partial charge in [-0.05, 0) is 39.3 Å². The molecule has 10 heteroatoms. The smallest absolute Gasteiger partial charge is 0.293 e. The minimum absolute atomic E-state index is 0.0247. The van der Waals surface area contributed by atoms with Crippen LogP contribution in [0.3, 0.4) is 0 Å². The summed E-state index contributed by atoms with van der Waals surface area (Å²) in [5.74, 6) is 0.00107. The monoisotopic (exact) mass is 534 g/mol. The molecule has 0 radical (unpaired) electrons. The van der Waals surface area contributed by atoms with Gasteiger partial charge in [-0.1, -0.05) is 12.1 Å². The molecule has 1 saturated heterocycles. The molecule has 2 aromatic rings. The lowest BCUT2D eigenvalue weighted by Gasteiger charge is -2.12. The maximum atomic E-state index is 12.5. The number of non-ortho nitro benzene ring substituents is 1. The number of nitrogens with zero attached hydrogens (tertiary/aromatic N) is 2. The Balaban J connectivity index is 1.82. The van der Waals surface area contributed by atoms with Gasteiger partial charge in [0.25, 0.3) is 16.8 Å². The van der Waals surface area contributed by atoms with Crippen molar-refractivity contribution in [1.29, 1.82) is 0 Å². The third-order valence-corrected chi connectivity index (χ3v) is 6.31. The van der Waals surface area contributed by atoms with Crippen LogP contribution in [0.1, 0.15) is 11.3 Å². The number of carbonyl (C=O) groups is 2. The van der Waals surface area contributed by atoms with Crippen molar-refractivity contribution >= 4 is 73.2 Å². The van der Waals surface area contributed by atoms with Gasteiger partial charge in [0.2, 0.25) is 0 Å². The molecule has 128 valence electrons. The van der Waals surface area contributed by atoms with E-state index in [2.05, 4.69) is 15.9 Å². The zero-order valence-corrected chi connectivity index (χ0v) is 16.8. The zero-order chi connectivity index (χ0) is 18.1. The summed E-state index contributed by atoms with van der Waals surface area (Å²) >= 11 is 6.12. The molecule has 0 aliphatic carbocycles. The summed E-state index contributed by atoms with van der Waals surface area (Å²) in [7, 11) is 0. The van der Waals surface area contributed by atoms with E-state index in [1.807, 2.05) is 22.6 Å². The van der Waals surface area contributed by atoms with Gasteiger partial charge in [0, 0.05) is 40.8 Å². The number of rotatable bonds is 4. The maximum absolute atomic E-state index is 12.5. The number of furan rings is 1. The fraction of sp³-hybridized carbons (Fsp3) is 0.0667. The van der Waals surface area contributed by atoms with Crippen molar-refractivity contribution in [3.05, 3.63) is 64.9 Å². The van der Waals surface area contributed by atoms with Crippen LogP contribution in [0.4, 0.5) is 10.5 Å². The molecule has 0 bridgehead atoms. The van der Waals surface area contributed by atoms with Gasteiger partial charge >= 0.3 is 0 Å². The van der Waals surface area contributed by atoms with Crippen molar-refractivity contribution in [2.75, 3.05) is 0 Å². The van der Waals surface area contributed by atoms with Gasteiger partial charge in [0.1, 0.15) is 5.76 Å². The van der Waals surface area contributed by atoms with Crippen molar-refractivity contribution in [2.45, 2.75) is 6.54 Å². The molecule has 1 aliphatic heterocycles. The second-order valence-corrected chi connectivity index (χ2v) is 7.79. The van der Waals surface area contributed by atoms with Gasteiger partial charge in [-0.2, -0.15) is 0 Å². The summed E-state index contributed by atoms with van der Waals surface area (Å²) in [6.45, 7) is -0.0247. The van der Waals surface area contributed by atoms with Crippen molar-refractivity contribution < 1.29 is 18.9 Å². The fourth-order valence-electron chi connectivity index (χ4n) is 2.15. The molecule has 0 saturated carbocycles. The standard InChI is InChI=1S/C15H8BrIN2O5S/c16-11-5-10(24-13(11)17)6-12-14(20)18(15(21)25-12)7-8-2-1-3-9(4-8)19(22)23/h1-6H,7H2/b12-6-. The molecule has 0 spiro atoms. The van der Waals surface area contributed by atoms with E-state index in [9.17, 15) is 19.7 Å². The number of amides is 2. The first-order valence-electron chi connectivity index (χ1n) is 6.78. The minimum Gasteiger partial charge on any atom is -0.450 e. The lowest BCUT2D eigenvalue weighted by atomic mass is 10.2. The maximum Gasteiger partial charge on any atom is 0.293 e. The first kappa shape index (κ1) is 18.1. The second-order valence-electron chi connectivity index (χ2n) is 4.97. The number of hydrogen-bond acceptors (Lipinski definition) is 6. The SMILES string of the molecule is O=C1S/C(=C\c2cc(Br)c(I)o2)C(=O)N1Cc1cccc([N+](=O)[O-])c1. The number of thioether (sulfide) groups is 1. The molecule has 0 unspecified atom stereocenters. The molecule has 0 N–H and O–H groups in total. The topological polar surface area (TPSA) is 93.7 Å². The fourth-order valence-corrected chi connectivity index (χ4v) is 3.69. The summed E-state index contributed by atoms with van der Waals surface area (Å²) < 4.78 is 6.85. The van der Waals surface area contributed by atoms with Crippen LogP contribution >= 0.6 is 50.3 Å². The Kier molecular flexibility index (Phi) is 5.29. The molecule has 25 heavy (non-hydrogen) atoms. The average Bonchev–Trinajstić information content (AvgIpc) is 3.01. The Morgan fingerprint density at radius 2 is 2.12 bits per heavy atom. The summed E-state index contributed by atoms with van der Waals surface area (Å²) in [5, 5.41) is 10.4. The molecule has 2 heterocycles. The van der Waals surface area contributed by atoms with E-state index < -0.39 is 16.1 Å². The lowest BCUT2D eigenvalue weighted by Crippen LogP contribution is -2.27. The van der Waals surface area contributed by atoms with Crippen molar-refractivity contribution in [3.63, 3.8) is 0 Å². The van der Waals surface area contributed by atoms with Gasteiger partial charge in [-0.25, -0.2) is 0 Å². The first-order valence-corrected chi connectivity index (χ1v) is 9.47.